The molecule has 0 unspecified atom stereocenters. The molecular weight excluding hydrogens is 601 g/mol. The lowest BCUT2D eigenvalue weighted by atomic mass is 9.99. The van der Waals surface area contributed by atoms with Crippen LogP contribution in [0.3, 0.4) is 0 Å². The first kappa shape index (κ1) is 26.8. The lowest BCUT2D eigenvalue weighted by Gasteiger charge is -2.10. The molecule has 0 bridgehead atoms. The normalized spacial score (nSPS) is 11.5. The fraction of sp³-hybridized carbons (Fsp3) is 0. The van der Waals surface area contributed by atoms with E-state index in [0.29, 0.717) is 17.5 Å². The first-order valence-electron chi connectivity index (χ1n) is 15.1. The highest BCUT2D eigenvalue weighted by atomic mass is 32.1. The van der Waals surface area contributed by atoms with Crippen molar-refractivity contribution < 1.29 is 0 Å². The number of rotatable bonds is 5. The number of nitrogens with zero attached hydrogens (tertiary/aromatic N) is 4. The number of benzene rings is 6. The molecule has 3 aromatic heterocycles. The number of aromatic nitrogens is 4. The van der Waals surface area contributed by atoms with Gasteiger partial charge in [-0.05, 0) is 47.5 Å². The van der Waals surface area contributed by atoms with Gasteiger partial charge in [0, 0.05) is 42.4 Å². The van der Waals surface area contributed by atoms with Gasteiger partial charge in [-0.1, -0.05) is 109 Å². The molecule has 9 rings (SSSR count). The van der Waals surface area contributed by atoms with Crippen molar-refractivity contribution in [3.05, 3.63) is 146 Å². The van der Waals surface area contributed by atoms with Crippen LogP contribution in [0.25, 0.3) is 86.3 Å². The topological polar surface area (TPSA) is 51.6 Å². The molecule has 9 aromatic rings. The average Bonchev–Trinajstić information content (AvgIpc) is 3.74. The van der Waals surface area contributed by atoms with Crippen LogP contribution in [0.1, 0.15) is 0 Å². The van der Waals surface area contributed by atoms with Crippen molar-refractivity contribution in [1.29, 1.82) is 0 Å². The second kappa shape index (κ2) is 11.1. The minimum absolute atomic E-state index is 0.661. The highest BCUT2D eigenvalue weighted by molar-refractivity contribution is 7.26. The van der Waals surface area contributed by atoms with Crippen LogP contribution >= 0.6 is 22.7 Å². The van der Waals surface area contributed by atoms with Gasteiger partial charge >= 0.3 is 0 Å². The van der Waals surface area contributed by atoms with Gasteiger partial charge in [-0.25, -0.2) is 19.9 Å². The smallest absolute Gasteiger partial charge is 0.164 e. The summed E-state index contributed by atoms with van der Waals surface area (Å²) < 4.78 is 3.63. The van der Waals surface area contributed by atoms with Crippen LogP contribution in [0, 0.1) is 0 Å². The fourth-order valence-corrected chi connectivity index (χ4v) is 8.02. The highest BCUT2D eigenvalue weighted by Crippen LogP contribution is 2.42. The van der Waals surface area contributed by atoms with Crippen LogP contribution in [-0.4, -0.2) is 19.9 Å². The summed E-state index contributed by atoms with van der Waals surface area (Å²) in [6.45, 7) is 0. The molecule has 46 heavy (non-hydrogen) atoms. The largest absolute Gasteiger partial charge is 0.236 e. The van der Waals surface area contributed by atoms with Gasteiger partial charge in [0.2, 0.25) is 0 Å². The summed E-state index contributed by atoms with van der Waals surface area (Å²) in [4.78, 5) is 19.9. The second-order valence-electron chi connectivity index (χ2n) is 11.1. The maximum Gasteiger partial charge on any atom is 0.164 e. The number of para-hydroxylation sites is 1. The monoisotopic (exact) mass is 624 g/mol. The summed E-state index contributed by atoms with van der Waals surface area (Å²) in [5.74, 6) is 1.99. The molecule has 3 heterocycles. The standard InChI is InChI=1S/C40H24N4S2/c1-3-11-25(12-4-1)37-42-38(26-13-5-2-6-14-26)44-39(43-37)30-17-10-20-35-36(30)31-24-28(21-22-33(31)45-35)27-15-9-16-29(23-27)40-41-32-18-7-8-19-34(32)46-40/h1-24H. The molecule has 0 amide bonds. The van der Waals surface area contributed by atoms with E-state index in [4.69, 9.17) is 19.9 Å². The van der Waals surface area contributed by atoms with Crippen molar-refractivity contribution >= 4 is 53.1 Å². The van der Waals surface area contributed by atoms with Crippen molar-refractivity contribution in [3.63, 3.8) is 0 Å². The van der Waals surface area contributed by atoms with E-state index in [9.17, 15) is 0 Å². The van der Waals surface area contributed by atoms with E-state index in [0.717, 1.165) is 49.3 Å². The maximum absolute atomic E-state index is 5.06. The van der Waals surface area contributed by atoms with Crippen LogP contribution in [0.15, 0.2) is 146 Å². The van der Waals surface area contributed by atoms with Crippen molar-refractivity contribution in [1.82, 2.24) is 19.9 Å². The van der Waals surface area contributed by atoms with Crippen molar-refractivity contribution in [3.8, 4) is 55.9 Å². The molecule has 216 valence electrons. The second-order valence-corrected chi connectivity index (χ2v) is 13.2. The molecule has 6 heteroatoms. The molecule has 0 N–H and O–H groups in total. The first-order valence-corrected chi connectivity index (χ1v) is 16.7. The first-order chi connectivity index (χ1) is 22.8. The molecule has 0 spiro atoms. The van der Waals surface area contributed by atoms with E-state index < -0.39 is 0 Å². The summed E-state index contributed by atoms with van der Waals surface area (Å²) in [6, 6.07) is 50.5. The minimum atomic E-state index is 0.661. The van der Waals surface area contributed by atoms with E-state index >= 15 is 0 Å². The van der Waals surface area contributed by atoms with Crippen LogP contribution in [0.2, 0.25) is 0 Å². The Morgan fingerprint density at radius 1 is 0.370 bits per heavy atom. The molecular formula is C40H24N4S2. The van der Waals surface area contributed by atoms with E-state index in [1.807, 2.05) is 66.7 Å². The van der Waals surface area contributed by atoms with Gasteiger partial charge < -0.3 is 0 Å². The Hall–Kier alpha value is -5.56. The predicted molar refractivity (Wildman–Crippen MR) is 193 cm³/mol. The Bertz CT molecular complexity index is 2440. The molecule has 0 aliphatic carbocycles. The summed E-state index contributed by atoms with van der Waals surface area (Å²) in [5.41, 5.74) is 7.41. The molecule has 0 saturated heterocycles. The summed E-state index contributed by atoms with van der Waals surface area (Å²) in [7, 11) is 0. The third-order valence-corrected chi connectivity index (χ3v) is 10.4. The van der Waals surface area contributed by atoms with E-state index in [2.05, 4.69) is 78.9 Å². The quantitative estimate of drug-likeness (QED) is 0.191. The Morgan fingerprint density at radius 2 is 0.978 bits per heavy atom. The van der Waals surface area contributed by atoms with Gasteiger partial charge in [0.15, 0.2) is 17.5 Å². The average molecular weight is 625 g/mol. The van der Waals surface area contributed by atoms with Crippen LogP contribution in [0.4, 0.5) is 0 Å². The molecule has 0 aliphatic rings. The summed E-state index contributed by atoms with van der Waals surface area (Å²) in [6.07, 6.45) is 0. The number of hydrogen-bond donors (Lipinski definition) is 0. The lowest BCUT2D eigenvalue weighted by Crippen LogP contribution is -2.00. The lowest BCUT2D eigenvalue weighted by molar-refractivity contribution is 1.08. The molecule has 6 aromatic carbocycles. The highest BCUT2D eigenvalue weighted by Gasteiger charge is 2.17. The van der Waals surface area contributed by atoms with Crippen LogP contribution in [0.5, 0.6) is 0 Å². The van der Waals surface area contributed by atoms with Gasteiger partial charge in [0.1, 0.15) is 5.01 Å². The van der Waals surface area contributed by atoms with Crippen LogP contribution < -0.4 is 0 Å². The van der Waals surface area contributed by atoms with Gasteiger partial charge in [-0.15, -0.1) is 22.7 Å². The fourth-order valence-electron chi connectivity index (χ4n) is 5.95. The molecule has 0 saturated carbocycles. The summed E-state index contributed by atoms with van der Waals surface area (Å²) >= 11 is 3.53. The summed E-state index contributed by atoms with van der Waals surface area (Å²) in [5, 5.41) is 3.39. The van der Waals surface area contributed by atoms with E-state index in [-0.39, 0.29) is 0 Å². The Kier molecular flexibility index (Phi) is 6.47. The number of fused-ring (bicyclic) bond motifs is 4. The zero-order chi connectivity index (χ0) is 30.5. The van der Waals surface area contributed by atoms with Gasteiger partial charge in [-0.3, -0.25) is 0 Å². The number of thiophene rings is 1. The third-order valence-electron chi connectivity index (χ3n) is 8.17. The SMILES string of the molecule is c1ccc(-c2nc(-c3ccccc3)nc(-c3cccc4sc5ccc(-c6cccc(-c7nc8ccccc8s7)c6)cc5c34)n2)cc1. The molecule has 0 fully saturated rings. The maximum atomic E-state index is 5.06. The molecule has 0 atom stereocenters. The zero-order valence-electron chi connectivity index (χ0n) is 24.5. The van der Waals surface area contributed by atoms with Gasteiger partial charge in [-0.2, -0.15) is 0 Å². The number of hydrogen-bond acceptors (Lipinski definition) is 6. The van der Waals surface area contributed by atoms with Gasteiger partial charge in [0.05, 0.1) is 10.2 Å². The Labute approximate surface area is 273 Å². The zero-order valence-corrected chi connectivity index (χ0v) is 26.1. The molecule has 0 radical (unpaired) electrons. The van der Waals surface area contributed by atoms with E-state index in [1.54, 1.807) is 22.7 Å². The minimum Gasteiger partial charge on any atom is -0.236 e. The Balaban J connectivity index is 1.21. The van der Waals surface area contributed by atoms with E-state index in [1.165, 1.54) is 19.5 Å². The predicted octanol–water partition coefficient (Wildman–Crippen LogP) is 11.2. The van der Waals surface area contributed by atoms with Crippen molar-refractivity contribution in [2.75, 3.05) is 0 Å². The van der Waals surface area contributed by atoms with Crippen molar-refractivity contribution in [2.45, 2.75) is 0 Å². The number of thiazole rings is 1. The Morgan fingerprint density at radius 3 is 1.74 bits per heavy atom. The molecule has 0 aliphatic heterocycles. The van der Waals surface area contributed by atoms with Crippen LogP contribution in [-0.2, 0) is 0 Å². The van der Waals surface area contributed by atoms with Gasteiger partial charge in [0.25, 0.3) is 0 Å². The third kappa shape index (κ3) is 4.76. The molecule has 4 nitrogen and oxygen atoms in total. The van der Waals surface area contributed by atoms with Crippen molar-refractivity contribution in [2.24, 2.45) is 0 Å².